The number of aromatic nitrogens is 1. The fourth-order valence-corrected chi connectivity index (χ4v) is 3.12. The monoisotopic (exact) mass is 265 g/mol. The number of aliphatic imine (C=N–C) groups is 1. The Hall–Kier alpha value is -1.23. The number of nitrogens with zero attached hydrogens (tertiary/aromatic N) is 2. The fourth-order valence-electron chi connectivity index (χ4n) is 1.95. The largest absolute Gasteiger partial charge is 0.481 e. The molecule has 0 bridgehead atoms. The van der Waals surface area contributed by atoms with Crippen LogP contribution in [0.25, 0.3) is 0 Å². The first-order chi connectivity index (χ1) is 8.67. The average molecular weight is 265 g/mol. The summed E-state index contributed by atoms with van der Waals surface area (Å²) >= 11 is 1.81. The van der Waals surface area contributed by atoms with Gasteiger partial charge in [-0.1, -0.05) is 18.7 Å². The highest BCUT2D eigenvalue weighted by molar-refractivity contribution is 8.14. The second kappa shape index (κ2) is 6.09. The smallest absolute Gasteiger partial charge is 0.213 e. The standard InChI is InChI=1S/C13H19N3OS/c1-9-6-10(2)18-13(16-9)15-8-11-4-5-14-12(7-11)17-3/h4-5,7,9-10H,6,8H2,1-3H3,(H,15,16). The summed E-state index contributed by atoms with van der Waals surface area (Å²) in [7, 11) is 1.62. The van der Waals surface area contributed by atoms with E-state index in [9.17, 15) is 0 Å². The topological polar surface area (TPSA) is 46.5 Å². The van der Waals surface area contributed by atoms with Gasteiger partial charge in [-0.15, -0.1) is 0 Å². The summed E-state index contributed by atoms with van der Waals surface area (Å²) in [6.45, 7) is 5.10. The van der Waals surface area contributed by atoms with E-state index >= 15 is 0 Å². The van der Waals surface area contributed by atoms with Gasteiger partial charge in [-0.3, -0.25) is 4.99 Å². The van der Waals surface area contributed by atoms with Crippen LogP contribution in [0.4, 0.5) is 0 Å². The van der Waals surface area contributed by atoms with E-state index in [1.54, 1.807) is 13.3 Å². The predicted octanol–water partition coefficient (Wildman–Crippen LogP) is 2.45. The van der Waals surface area contributed by atoms with E-state index in [4.69, 9.17) is 4.74 Å². The first-order valence-electron chi connectivity index (χ1n) is 6.14. The zero-order valence-electron chi connectivity index (χ0n) is 11.0. The van der Waals surface area contributed by atoms with Gasteiger partial charge in [0.05, 0.1) is 13.7 Å². The lowest BCUT2D eigenvalue weighted by Crippen LogP contribution is -2.38. The van der Waals surface area contributed by atoms with Gasteiger partial charge in [0, 0.05) is 23.6 Å². The Bertz CT molecular complexity index is 424. The molecule has 1 aromatic rings. The van der Waals surface area contributed by atoms with Gasteiger partial charge in [-0.25, -0.2) is 4.98 Å². The molecule has 0 radical (unpaired) electrons. The molecule has 1 aromatic heterocycles. The van der Waals surface area contributed by atoms with E-state index in [0.717, 1.165) is 10.7 Å². The third kappa shape index (κ3) is 3.63. The Labute approximate surface area is 112 Å². The second-order valence-corrected chi connectivity index (χ2v) is 5.96. The van der Waals surface area contributed by atoms with Crippen molar-refractivity contribution in [1.29, 1.82) is 0 Å². The molecule has 98 valence electrons. The maximum absolute atomic E-state index is 5.10. The molecule has 5 heteroatoms. The number of hydrogen-bond acceptors (Lipinski definition) is 4. The Morgan fingerprint density at radius 2 is 2.39 bits per heavy atom. The minimum absolute atomic E-state index is 0.506. The molecule has 1 saturated heterocycles. The lowest BCUT2D eigenvalue weighted by Gasteiger charge is -2.26. The van der Waals surface area contributed by atoms with Gasteiger partial charge in [-0.2, -0.15) is 0 Å². The van der Waals surface area contributed by atoms with Crippen molar-refractivity contribution in [2.24, 2.45) is 4.99 Å². The molecule has 1 aliphatic rings. The van der Waals surface area contributed by atoms with Gasteiger partial charge >= 0.3 is 0 Å². The minimum atomic E-state index is 0.506. The van der Waals surface area contributed by atoms with Crippen LogP contribution in [-0.2, 0) is 6.54 Å². The van der Waals surface area contributed by atoms with E-state index in [1.807, 2.05) is 23.9 Å². The minimum Gasteiger partial charge on any atom is -0.481 e. The SMILES string of the molecule is COc1cc(CN=C2NC(C)CC(C)S2)ccn1. The van der Waals surface area contributed by atoms with Crippen LogP contribution in [0, 0.1) is 0 Å². The Morgan fingerprint density at radius 3 is 3.11 bits per heavy atom. The molecule has 0 aliphatic carbocycles. The molecule has 1 aliphatic heterocycles. The van der Waals surface area contributed by atoms with Crippen LogP contribution in [-0.4, -0.2) is 28.6 Å². The Kier molecular flexibility index (Phi) is 4.47. The van der Waals surface area contributed by atoms with Gasteiger partial charge in [-0.05, 0) is 25.0 Å². The molecule has 2 rings (SSSR count). The number of rotatable bonds is 3. The summed E-state index contributed by atoms with van der Waals surface area (Å²) in [6, 6.07) is 4.39. The molecule has 2 unspecified atom stereocenters. The van der Waals surface area contributed by atoms with Crippen molar-refractivity contribution in [2.45, 2.75) is 38.1 Å². The molecule has 0 aromatic carbocycles. The number of pyridine rings is 1. The molecule has 2 heterocycles. The summed E-state index contributed by atoms with van der Waals surface area (Å²) in [5.41, 5.74) is 1.11. The van der Waals surface area contributed by atoms with Crippen molar-refractivity contribution in [1.82, 2.24) is 10.3 Å². The van der Waals surface area contributed by atoms with E-state index in [-0.39, 0.29) is 0 Å². The molecule has 0 saturated carbocycles. The van der Waals surface area contributed by atoms with Gasteiger partial charge < -0.3 is 10.1 Å². The Morgan fingerprint density at radius 1 is 1.56 bits per heavy atom. The zero-order valence-corrected chi connectivity index (χ0v) is 11.8. The summed E-state index contributed by atoms with van der Waals surface area (Å²) in [5.74, 6) is 0.638. The second-order valence-electron chi connectivity index (χ2n) is 4.54. The molecular weight excluding hydrogens is 246 g/mol. The summed E-state index contributed by atoms with van der Waals surface area (Å²) in [6.07, 6.45) is 2.94. The molecule has 1 N–H and O–H groups in total. The lowest BCUT2D eigenvalue weighted by molar-refractivity contribution is 0.397. The Balaban J connectivity index is 2.00. The van der Waals surface area contributed by atoms with E-state index in [0.29, 0.717) is 23.7 Å². The van der Waals surface area contributed by atoms with Crippen LogP contribution in [0.5, 0.6) is 5.88 Å². The fraction of sp³-hybridized carbons (Fsp3) is 0.538. The van der Waals surface area contributed by atoms with Crippen LogP contribution >= 0.6 is 11.8 Å². The molecule has 1 fully saturated rings. The number of hydrogen-bond donors (Lipinski definition) is 1. The number of nitrogens with one attached hydrogen (secondary N) is 1. The highest BCUT2D eigenvalue weighted by atomic mass is 32.2. The molecule has 4 nitrogen and oxygen atoms in total. The van der Waals surface area contributed by atoms with Crippen LogP contribution in [0.1, 0.15) is 25.8 Å². The van der Waals surface area contributed by atoms with Gasteiger partial charge in [0.15, 0.2) is 5.17 Å². The number of amidine groups is 1. The predicted molar refractivity (Wildman–Crippen MR) is 76.2 cm³/mol. The van der Waals surface area contributed by atoms with Crippen molar-refractivity contribution in [3.63, 3.8) is 0 Å². The molecule has 0 spiro atoms. The highest BCUT2D eigenvalue weighted by Gasteiger charge is 2.19. The molecule has 2 atom stereocenters. The number of methoxy groups -OCH3 is 1. The number of thioether (sulfide) groups is 1. The van der Waals surface area contributed by atoms with Crippen LogP contribution in [0.15, 0.2) is 23.3 Å². The lowest BCUT2D eigenvalue weighted by atomic mass is 10.2. The van der Waals surface area contributed by atoms with E-state index in [2.05, 4.69) is 29.1 Å². The van der Waals surface area contributed by atoms with Gasteiger partial charge in [0.1, 0.15) is 0 Å². The van der Waals surface area contributed by atoms with Crippen LogP contribution in [0.3, 0.4) is 0 Å². The summed E-state index contributed by atoms with van der Waals surface area (Å²) in [4.78, 5) is 8.70. The zero-order chi connectivity index (χ0) is 13.0. The normalized spacial score (nSPS) is 25.8. The van der Waals surface area contributed by atoms with Crippen molar-refractivity contribution in [3.05, 3.63) is 23.9 Å². The number of ether oxygens (including phenoxy) is 1. The summed E-state index contributed by atoms with van der Waals surface area (Å²) < 4.78 is 5.10. The summed E-state index contributed by atoms with van der Waals surface area (Å²) in [5, 5.41) is 5.08. The first kappa shape index (κ1) is 13.2. The van der Waals surface area contributed by atoms with Crippen LogP contribution < -0.4 is 10.1 Å². The van der Waals surface area contributed by atoms with Crippen molar-refractivity contribution in [3.8, 4) is 5.88 Å². The molecule has 0 amide bonds. The third-order valence-electron chi connectivity index (χ3n) is 2.78. The van der Waals surface area contributed by atoms with E-state index < -0.39 is 0 Å². The quantitative estimate of drug-likeness (QED) is 0.912. The first-order valence-corrected chi connectivity index (χ1v) is 7.02. The maximum atomic E-state index is 5.10. The third-order valence-corrected chi connectivity index (χ3v) is 3.85. The maximum Gasteiger partial charge on any atom is 0.213 e. The van der Waals surface area contributed by atoms with E-state index in [1.165, 1.54) is 6.42 Å². The van der Waals surface area contributed by atoms with Crippen molar-refractivity contribution in [2.75, 3.05) is 7.11 Å². The highest BCUT2D eigenvalue weighted by Crippen LogP contribution is 2.22. The molecule has 18 heavy (non-hydrogen) atoms. The van der Waals surface area contributed by atoms with Crippen molar-refractivity contribution < 1.29 is 4.74 Å². The van der Waals surface area contributed by atoms with Crippen LogP contribution in [0.2, 0.25) is 0 Å². The molecular formula is C13H19N3OS. The average Bonchev–Trinajstić information content (AvgIpc) is 2.35. The van der Waals surface area contributed by atoms with Gasteiger partial charge in [0.2, 0.25) is 5.88 Å². The van der Waals surface area contributed by atoms with Crippen molar-refractivity contribution >= 4 is 16.9 Å². The van der Waals surface area contributed by atoms with Gasteiger partial charge in [0.25, 0.3) is 0 Å².